The summed E-state index contributed by atoms with van der Waals surface area (Å²) in [5.74, 6) is 0.591. The van der Waals surface area contributed by atoms with Crippen LogP contribution in [0.5, 0.6) is 5.75 Å². The minimum atomic E-state index is -0.374. The van der Waals surface area contributed by atoms with Gasteiger partial charge in [-0.2, -0.15) is 0 Å². The van der Waals surface area contributed by atoms with Crippen LogP contribution in [0.3, 0.4) is 0 Å². The van der Waals surface area contributed by atoms with Crippen LogP contribution in [0.2, 0.25) is 0 Å². The van der Waals surface area contributed by atoms with E-state index in [-0.39, 0.29) is 18.5 Å². The van der Waals surface area contributed by atoms with Crippen LogP contribution in [-0.4, -0.2) is 29.0 Å². The Morgan fingerprint density at radius 2 is 1.82 bits per heavy atom. The van der Waals surface area contributed by atoms with Crippen molar-refractivity contribution in [3.8, 4) is 17.2 Å². The van der Waals surface area contributed by atoms with Gasteiger partial charge in [-0.1, -0.05) is 35.4 Å². The smallest absolute Gasteiger partial charge is 0.322 e. The molecule has 0 saturated carbocycles. The van der Waals surface area contributed by atoms with Crippen LogP contribution in [0.15, 0.2) is 76.0 Å². The van der Waals surface area contributed by atoms with Gasteiger partial charge in [-0.15, -0.1) is 16.9 Å². The van der Waals surface area contributed by atoms with Gasteiger partial charge in [0.25, 0.3) is 5.91 Å². The Hall–Kier alpha value is -3.32. The third-order valence-corrected chi connectivity index (χ3v) is 4.84. The van der Waals surface area contributed by atoms with Gasteiger partial charge in [0, 0.05) is 10.5 Å². The van der Waals surface area contributed by atoms with Crippen molar-refractivity contribution in [2.45, 2.75) is 4.90 Å². The van der Waals surface area contributed by atoms with E-state index < -0.39 is 0 Å². The number of ether oxygens (including phenoxy) is 1. The SMILES string of the molecule is CSc1ccc(-c2nnc(NC(=O)COc3ccc4ccccc4c3)o2)cc1. The number of aromatic nitrogens is 2. The molecule has 7 heteroatoms. The highest BCUT2D eigenvalue weighted by molar-refractivity contribution is 7.98. The van der Waals surface area contributed by atoms with Crippen LogP contribution < -0.4 is 10.1 Å². The molecule has 1 heterocycles. The van der Waals surface area contributed by atoms with Gasteiger partial charge in [-0.25, -0.2) is 0 Å². The fourth-order valence-corrected chi connectivity index (χ4v) is 3.09. The van der Waals surface area contributed by atoms with Crippen LogP contribution in [-0.2, 0) is 4.79 Å². The number of thioether (sulfide) groups is 1. The van der Waals surface area contributed by atoms with Crippen molar-refractivity contribution in [1.82, 2.24) is 10.2 Å². The standard InChI is InChI=1S/C21H17N3O3S/c1-28-18-10-7-15(8-11-18)20-23-24-21(27-20)22-19(25)13-26-17-9-6-14-4-2-3-5-16(14)12-17/h2-12H,13H2,1H3,(H,22,24,25). The minimum absolute atomic E-state index is 0.0380. The Kier molecular flexibility index (Phi) is 5.25. The predicted molar refractivity (Wildman–Crippen MR) is 110 cm³/mol. The maximum atomic E-state index is 12.1. The van der Waals surface area contributed by atoms with E-state index in [0.29, 0.717) is 11.6 Å². The summed E-state index contributed by atoms with van der Waals surface area (Å²) < 4.78 is 11.1. The van der Waals surface area contributed by atoms with Crippen LogP contribution in [0, 0.1) is 0 Å². The number of nitrogens with one attached hydrogen (secondary N) is 1. The second-order valence-electron chi connectivity index (χ2n) is 5.99. The van der Waals surface area contributed by atoms with Gasteiger partial charge in [0.05, 0.1) is 0 Å². The monoisotopic (exact) mass is 391 g/mol. The lowest BCUT2D eigenvalue weighted by Gasteiger charge is -2.06. The molecule has 0 spiro atoms. The van der Waals surface area contributed by atoms with Crippen LogP contribution >= 0.6 is 11.8 Å². The van der Waals surface area contributed by atoms with Gasteiger partial charge < -0.3 is 9.15 Å². The number of fused-ring (bicyclic) bond motifs is 1. The average molecular weight is 391 g/mol. The summed E-state index contributed by atoms with van der Waals surface area (Å²) in [6.45, 7) is -0.154. The molecule has 0 unspecified atom stereocenters. The molecule has 0 saturated heterocycles. The summed E-state index contributed by atoms with van der Waals surface area (Å²) in [7, 11) is 0. The lowest BCUT2D eigenvalue weighted by Crippen LogP contribution is -2.20. The van der Waals surface area contributed by atoms with E-state index in [1.165, 1.54) is 0 Å². The number of benzene rings is 3. The van der Waals surface area contributed by atoms with Gasteiger partial charge in [0.15, 0.2) is 6.61 Å². The maximum Gasteiger partial charge on any atom is 0.322 e. The number of carbonyl (C=O) groups excluding carboxylic acids is 1. The molecular formula is C21H17N3O3S. The van der Waals surface area contributed by atoms with E-state index in [2.05, 4.69) is 15.5 Å². The van der Waals surface area contributed by atoms with Gasteiger partial charge in [-0.05, 0) is 53.4 Å². The van der Waals surface area contributed by atoms with Crippen LogP contribution in [0.25, 0.3) is 22.2 Å². The number of hydrogen-bond donors (Lipinski definition) is 1. The first-order chi connectivity index (χ1) is 13.7. The van der Waals surface area contributed by atoms with Crippen molar-refractivity contribution in [2.75, 3.05) is 18.2 Å². The fourth-order valence-electron chi connectivity index (χ4n) is 2.69. The summed E-state index contributed by atoms with van der Waals surface area (Å²) >= 11 is 1.65. The van der Waals surface area contributed by atoms with Crippen molar-refractivity contribution in [1.29, 1.82) is 0 Å². The zero-order valence-electron chi connectivity index (χ0n) is 15.1. The molecule has 0 aliphatic rings. The summed E-state index contributed by atoms with van der Waals surface area (Å²) in [5.41, 5.74) is 0.790. The second-order valence-corrected chi connectivity index (χ2v) is 6.87. The first-order valence-corrected chi connectivity index (χ1v) is 9.83. The molecule has 28 heavy (non-hydrogen) atoms. The molecular weight excluding hydrogens is 374 g/mol. The third-order valence-electron chi connectivity index (χ3n) is 4.10. The molecule has 0 radical (unpaired) electrons. The average Bonchev–Trinajstić information content (AvgIpc) is 3.20. The molecule has 140 valence electrons. The van der Waals surface area contributed by atoms with Crippen LogP contribution in [0.4, 0.5) is 6.01 Å². The Labute approximate surface area is 165 Å². The molecule has 0 fully saturated rings. The molecule has 1 aromatic heterocycles. The number of amides is 1. The predicted octanol–water partition coefficient (Wildman–Crippen LogP) is 4.63. The Balaban J connectivity index is 1.36. The van der Waals surface area contributed by atoms with Crippen molar-refractivity contribution in [2.24, 2.45) is 0 Å². The number of hydrogen-bond acceptors (Lipinski definition) is 6. The molecule has 1 amide bonds. The number of nitrogens with zero attached hydrogens (tertiary/aromatic N) is 2. The highest BCUT2D eigenvalue weighted by Gasteiger charge is 2.12. The van der Waals surface area contributed by atoms with E-state index in [0.717, 1.165) is 21.2 Å². The van der Waals surface area contributed by atoms with E-state index >= 15 is 0 Å². The van der Waals surface area contributed by atoms with Crippen molar-refractivity contribution < 1.29 is 13.9 Å². The zero-order chi connectivity index (χ0) is 19.3. The molecule has 1 N–H and O–H groups in total. The first-order valence-electron chi connectivity index (χ1n) is 8.61. The molecule has 6 nitrogen and oxygen atoms in total. The minimum Gasteiger partial charge on any atom is -0.484 e. The highest BCUT2D eigenvalue weighted by Crippen LogP contribution is 2.23. The topological polar surface area (TPSA) is 77.2 Å². The molecule has 4 rings (SSSR count). The van der Waals surface area contributed by atoms with E-state index in [1.54, 1.807) is 11.8 Å². The van der Waals surface area contributed by atoms with Crippen molar-refractivity contribution in [3.63, 3.8) is 0 Å². The quantitative estimate of drug-likeness (QED) is 0.483. The fraction of sp³-hybridized carbons (Fsp3) is 0.0952. The van der Waals surface area contributed by atoms with E-state index in [9.17, 15) is 4.79 Å². The van der Waals surface area contributed by atoms with Crippen molar-refractivity contribution >= 4 is 34.5 Å². The highest BCUT2D eigenvalue weighted by atomic mass is 32.2. The zero-order valence-corrected chi connectivity index (χ0v) is 15.9. The van der Waals surface area contributed by atoms with Crippen molar-refractivity contribution in [3.05, 3.63) is 66.7 Å². The third kappa shape index (κ3) is 4.15. The molecule has 0 atom stereocenters. The number of rotatable bonds is 6. The van der Waals surface area contributed by atoms with Gasteiger partial charge in [0.1, 0.15) is 5.75 Å². The van der Waals surface area contributed by atoms with Gasteiger partial charge >= 0.3 is 6.01 Å². The van der Waals surface area contributed by atoms with E-state index in [4.69, 9.17) is 9.15 Å². The lowest BCUT2D eigenvalue weighted by atomic mass is 10.1. The molecule has 4 aromatic rings. The summed E-state index contributed by atoms with van der Waals surface area (Å²) in [4.78, 5) is 13.3. The Morgan fingerprint density at radius 3 is 2.61 bits per heavy atom. The van der Waals surface area contributed by atoms with Gasteiger partial charge in [-0.3, -0.25) is 10.1 Å². The summed E-state index contributed by atoms with van der Waals surface area (Å²) in [6.07, 6.45) is 2.01. The molecule has 0 aliphatic carbocycles. The van der Waals surface area contributed by atoms with Gasteiger partial charge in [0.2, 0.25) is 5.89 Å². The Bertz CT molecular complexity index is 1110. The lowest BCUT2D eigenvalue weighted by molar-refractivity contribution is -0.118. The molecule has 0 aliphatic heterocycles. The number of anilines is 1. The normalized spacial score (nSPS) is 10.8. The summed E-state index contributed by atoms with van der Waals surface area (Å²) in [5, 5.41) is 12.5. The number of carbonyl (C=O) groups is 1. The second kappa shape index (κ2) is 8.14. The van der Waals surface area contributed by atoms with Crippen LogP contribution in [0.1, 0.15) is 0 Å². The van der Waals surface area contributed by atoms with E-state index in [1.807, 2.05) is 73.0 Å². The Morgan fingerprint density at radius 1 is 1.04 bits per heavy atom. The molecule has 3 aromatic carbocycles. The largest absolute Gasteiger partial charge is 0.484 e. The first kappa shape index (κ1) is 18.1. The molecule has 0 bridgehead atoms. The summed E-state index contributed by atoms with van der Waals surface area (Å²) in [6, 6.07) is 21.4. The maximum absolute atomic E-state index is 12.1.